The zero-order valence-electron chi connectivity index (χ0n) is 11.4. The summed E-state index contributed by atoms with van der Waals surface area (Å²) < 4.78 is 10.7. The van der Waals surface area contributed by atoms with Crippen LogP contribution < -0.4 is 10.1 Å². The van der Waals surface area contributed by atoms with Gasteiger partial charge in [-0.3, -0.25) is 0 Å². The maximum Gasteiger partial charge on any atom is 0.408 e. The number of carbonyl (C=O) groups is 1. The van der Waals surface area contributed by atoms with Crippen molar-refractivity contribution in [3.63, 3.8) is 0 Å². The highest BCUT2D eigenvalue weighted by Crippen LogP contribution is 2.33. The van der Waals surface area contributed by atoms with Crippen molar-refractivity contribution < 1.29 is 19.4 Å². The molecule has 5 heteroatoms. The van der Waals surface area contributed by atoms with E-state index in [2.05, 4.69) is 5.32 Å². The van der Waals surface area contributed by atoms with Crippen molar-refractivity contribution >= 4 is 6.09 Å². The lowest BCUT2D eigenvalue weighted by atomic mass is 10.0. The highest BCUT2D eigenvalue weighted by atomic mass is 16.6. The largest absolute Gasteiger partial charge is 0.504 e. The normalized spacial score (nSPS) is 18.2. The van der Waals surface area contributed by atoms with Gasteiger partial charge in [0.2, 0.25) is 0 Å². The summed E-state index contributed by atoms with van der Waals surface area (Å²) in [5, 5.41) is 12.4. The Morgan fingerprint density at radius 3 is 2.89 bits per heavy atom. The number of benzene rings is 1. The number of rotatable bonds is 1. The summed E-state index contributed by atoms with van der Waals surface area (Å²) in [5.41, 5.74) is 0.364. The van der Waals surface area contributed by atoms with Crippen molar-refractivity contribution in [2.45, 2.75) is 38.8 Å². The number of carbonyl (C=O) groups excluding carboxylic acids is 1. The summed E-state index contributed by atoms with van der Waals surface area (Å²) in [6.07, 6.45) is 0.160. The van der Waals surface area contributed by atoms with Gasteiger partial charge in [0.1, 0.15) is 12.2 Å². The first-order valence-corrected chi connectivity index (χ1v) is 6.28. The molecule has 1 aromatic carbocycles. The number of hydrogen-bond donors (Lipinski definition) is 2. The van der Waals surface area contributed by atoms with Gasteiger partial charge in [0.25, 0.3) is 0 Å². The minimum Gasteiger partial charge on any atom is -0.504 e. The van der Waals surface area contributed by atoms with Crippen LogP contribution in [0, 0.1) is 0 Å². The highest BCUT2D eigenvalue weighted by Gasteiger charge is 2.25. The minimum absolute atomic E-state index is 0.133. The molecule has 0 aliphatic carbocycles. The third kappa shape index (κ3) is 3.53. The van der Waals surface area contributed by atoms with Crippen LogP contribution in [0.25, 0.3) is 0 Å². The van der Waals surface area contributed by atoms with Crippen LogP contribution in [0.3, 0.4) is 0 Å². The molecule has 2 rings (SSSR count). The molecule has 19 heavy (non-hydrogen) atoms. The summed E-state index contributed by atoms with van der Waals surface area (Å²) in [4.78, 5) is 11.7. The molecule has 1 amide bonds. The topological polar surface area (TPSA) is 67.8 Å². The predicted molar refractivity (Wildman–Crippen MR) is 70.5 cm³/mol. The molecular formula is C14H19NO4. The van der Waals surface area contributed by atoms with Gasteiger partial charge in [0.15, 0.2) is 11.5 Å². The fourth-order valence-corrected chi connectivity index (χ4v) is 1.97. The van der Waals surface area contributed by atoms with Gasteiger partial charge < -0.3 is 19.9 Å². The number of aromatic hydroxyl groups is 1. The van der Waals surface area contributed by atoms with E-state index in [1.54, 1.807) is 12.1 Å². The van der Waals surface area contributed by atoms with Crippen molar-refractivity contribution in [2.24, 2.45) is 0 Å². The number of nitrogens with one attached hydrogen (secondary N) is 1. The lowest BCUT2D eigenvalue weighted by molar-refractivity contribution is 0.0481. The van der Waals surface area contributed by atoms with Crippen molar-refractivity contribution in [3.8, 4) is 11.5 Å². The molecule has 1 aromatic rings. The number of para-hydroxylation sites is 1. The first kappa shape index (κ1) is 13.5. The number of ether oxygens (including phenoxy) is 2. The van der Waals surface area contributed by atoms with Crippen molar-refractivity contribution in [1.82, 2.24) is 5.32 Å². The molecule has 0 saturated heterocycles. The Hall–Kier alpha value is -1.91. The molecule has 0 bridgehead atoms. The quantitative estimate of drug-likeness (QED) is 0.817. The third-order valence-electron chi connectivity index (χ3n) is 2.69. The van der Waals surface area contributed by atoms with Crippen LogP contribution in [0.4, 0.5) is 4.79 Å². The molecule has 0 aromatic heterocycles. The highest BCUT2D eigenvalue weighted by molar-refractivity contribution is 5.68. The number of phenols is 1. The van der Waals surface area contributed by atoms with Gasteiger partial charge >= 0.3 is 6.09 Å². The zero-order chi connectivity index (χ0) is 14.0. The second kappa shape index (κ2) is 4.99. The Morgan fingerprint density at radius 2 is 2.21 bits per heavy atom. The maximum absolute atomic E-state index is 11.7. The second-order valence-electron chi connectivity index (χ2n) is 5.62. The Kier molecular flexibility index (Phi) is 3.55. The van der Waals surface area contributed by atoms with Crippen molar-refractivity contribution in [1.29, 1.82) is 0 Å². The molecule has 5 nitrogen and oxygen atoms in total. The van der Waals surface area contributed by atoms with E-state index < -0.39 is 11.7 Å². The predicted octanol–water partition coefficient (Wildman–Crippen LogP) is 2.22. The third-order valence-corrected chi connectivity index (χ3v) is 2.69. The van der Waals surface area contributed by atoms with Gasteiger partial charge in [-0.15, -0.1) is 0 Å². The molecular weight excluding hydrogens is 246 g/mol. The zero-order valence-corrected chi connectivity index (χ0v) is 11.4. The summed E-state index contributed by atoms with van der Waals surface area (Å²) in [7, 11) is 0. The van der Waals surface area contributed by atoms with Crippen LogP contribution in [0.5, 0.6) is 11.5 Å². The van der Waals surface area contributed by atoms with Gasteiger partial charge in [0.05, 0.1) is 6.04 Å². The van der Waals surface area contributed by atoms with E-state index in [1.165, 1.54) is 0 Å². The fourth-order valence-electron chi connectivity index (χ4n) is 1.97. The summed E-state index contributed by atoms with van der Waals surface area (Å²) in [6.45, 7) is 5.77. The van der Waals surface area contributed by atoms with Gasteiger partial charge in [-0.1, -0.05) is 12.1 Å². The van der Waals surface area contributed by atoms with E-state index >= 15 is 0 Å². The molecule has 0 radical (unpaired) electrons. The minimum atomic E-state index is -0.518. The average molecular weight is 265 g/mol. The second-order valence-corrected chi connectivity index (χ2v) is 5.62. The van der Waals surface area contributed by atoms with Crippen LogP contribution in [0.2, 0.25) is 0 Å². The smallest absolute Gasteiger partial charge is 0.408 e. The van der Waals surface area contributed by atoms with E-state index in [9.17, 15) is 9.90 Å². The van der Waals surface area contributed by atoms with Gasteiger partial charge in [-0.25, -0.2) is 4.79 Å². The Labute approximate surface area is 112 Å². The first-order valence-electron chi connectivity index (χ1n) is 6.28. The molecule has 0 saturated carbocycles. The van der Waals surface area contributed by atoms with E-state index in [0.717, 1.165) is 5.56 Å². The number of hydrogen-bond acceptors (Lipinski definition) is 4. The number of alkyl carbamates (subject to hydrolysis) is 1. The summed E-state index contributed by atoms with van der Waals surface area (Å²) in [6, 6.07) is 5.07. The van der Waals surface area contributed by atoms with E-state index in [0.29, 0.717) is 18.8 Å². The van der Waals surface area contributed by atoms with E-state index in [1.807, 2.05) is 26.8 Å². The van der Waals surface area contributed by atoms with E-state index in [4.69, 9.17) is 9.47 Å². The van der Waals surface area contributed by atoms with Crippen LogP contribution in [0.15, 0.2) is 18.2 Å². The molecule has 1 aliphatic rings. The summed E-state index contributed by atoms with van der Waals surface area (Å²) in [5.74, 6) is 0.637. The van der Waals surface area contributed by atoms with Crippen LogP contribution in [0.1, 0.15) is 26.3 Å². The first-order chi connectivity index (χ1) is 8.85. The lowest BCUT2D eigenvalue weighted by Gasteiger charge is -2.28. The lowest BCUT2D eigenvalue weighted by Crippen LogP contribution is -2.44. The maximum atomic E-state index is 11.7. The number of fused-ring (bicyclic) bond motifs is 1. The Bertz CT molecular complexity index is 479. The van der Waals surface area contributed by atoms with E-state index in [-0.39, 0.29) is 11.8 Å². The standard InChI is InChI=1S/C14H19NO4/c1-14(2,3)19-13(17)15-10-7-9-5-4-6-11(16)12(9)18-8-10/h4-6,10,16H,7-8H2,1-3H3,(H,15,17). The SMILES string of the molecule is CC(C)(C)OC(=O)NC1COc2c(O)cccc2C1. The summed E-state index contributed by atoms with van der Waals surface area (Å²) >= 11 is 0. The van der Waals surface area contributed by atoms with Gasteiger partial charge in [-0.2, -0.15) is 0 Å². The Morgan fingerprint density at radius 1 is 1.47 bits per heavy atom. The molecule has 0 fully saturated rings. The molecule has 1 aliphatic heterocycles. The molecule has 2 N–H and O–H groups in total. The van der Waals surface area contributed by atoms with Crippen LogP contribution in [-0.4, -0.2) is 29.4 Å². The van der Waals surface area contributed by atoms with Gasteiger partial charge in [-0.05, 0) is 33.3 Å². The fraction of sp³-hybridized carbons (Fsp3) is 0.500. The van der Waals surface area contributed by atoms with Crippen molar-refractivity contribution in [2.75, 3.05) is 6.61 Å². The molecule has 104 valence electrons. The molecule has 1 atom stereocenters. The Balaban J connectivity index is 1.97. The van der Waals surface area contributed by atoms with Crippen molar-refractivity contribution in [3.05, 3.63) is 23.8 Å². The number of phenolic OH excluding ortho intramolecular Hbond substituents is 1. The number of amides is 1. The monoisotopic (exact) mass is 265 g/mol. The van der Waals surface area contributed by atoms with Gasteiger partial charge in [0, 0.05) is 5.56 Å². The average Bonchev–Trinajstić information content (AvgIpc) is 2.26. The molecule has 1 unspecified atom stereocenters. The molecule has 0 spiro atoms. The van der Waals surface area contributed by atoms with Crippen LogP contribution in [-0.2, 0) is 11.2 Å². The molecule has 1 heterocycles. The van der Waals surface area contributed by atoms with Crippen LogP contribution >= 0.6 is 0 Å².